The van der Waals surface area contributed by atoms with E-state index in [-0.39, 0.29) is 12.2 Å². The second-order valence-electron chi connectivity index (χ2n) is 9.38. The van der Waals surface area contributed by atoms with Crippen molar-refractivity contribution in [3.05, 3.63) is 92.3 Å². The van der Waals surface area contributed by atoms with Crippen LogP contribution < -0.4 is 14.8 Å². The molecule has 0 saturated heterocycles. The van der Waals surface area contributed by atoms with Gasteiger partial charge in [-0.05, 0) is 84.3 Å². The van der Waals surface area contributed by atoms with Crippen molar-refractivity contribution in [1.82, 2.24) is 0 Å². The lowest BCUT2D eigenvalue weighted by molar-refractivity contribution is -0.112. The van der Waals surface area contributed by atoms with Gasteiger partial charge in [0.1, 0.15) is 29.3 Å². The summed E-state index contributed by atoms with van der Waals surface area (Å²) in [5, 5.41) is 25.3. The third-order valence-electron chi connectivity index (χ3n) is 6.71. The Morgan fingerprint density at radius 3 is 2.65 bits per heavy atom. The van der Waals surface area contributed by atoms with E-state index < -0.39 is 5.91 Å². The van der Waals surface area contributed by atoms with E-state index in [0.717, 1.165) is 52.5 Å². The molecule has 0 radical (unpaired) electrons. The fourth-order valence-electron chi connectivity index (χ4n) is 4.82. The highest BCUT2D eigenvalue weighted by Crippen LogP contribution is 2.39. The maximum atomic E-state index is 13.1. The topological polar surface area (TPSA) is 95.1 Å². The number of amides is 1. The second kappa shape index (κ2) is 12.3. The standard InChI is InChI=1S/C32H26ClN3O3S/c1-2-38-28-16-21(15-27(33)30(28)39-19-20-11-12-22-7-3-4-8-23(22)13-20)14-24(17-34)31(37)36-32-26(18-35)25-9-5-6-10-29(25)40-32/h3-4,7-8,11-16H,2,5-6,9-10,19H2,1H3,(H,36,37)/b24-14+. The first-order valence-electron chi connectivity index (χ1n) is 13.0. The summed E-state index contributed by atoms with van der Waals surface area (Å²) in [5.41, 5.74) is 2.91. The van der Waals surface area contributed by atoms with E-state index in [1.807, 2.05) is 37.3 Å². The first-order valence-corrected chi connectivity index (χ1v) is 14.2. The molecule has 0 bridgehead atoms. The largest absolute Gasteiger partial charge is 0.490 e. The molecule has 4 aromatic rings. The minimum atomic E-state index is -0.580. The van der Waals surface area contributed by atoms with E-state index in [1.54, 1.807) is 12.1 Å². The fourth-order valence-corrected chi connectivity index (χ4v) is 6.32. The molecular formula is C32H26ClN3O3S. The summed E-state index contributed by atoms with van der Waals surface area (Å²) in [6, 6.07) is 21.8. The first-order chi connectivity index (χ1) is 19.5. The van der Waals surface area contributed by atoms with Crippen LogP contribution in [0.2, 0.25) is 5.02 Å². The Bertz CT molecular complexity index is 1710. The minimum Gasteiger partial charge on any atom is -0.490 e. The molecule has 1 heterocycles. The van der Waals surface area contributed by atoms with E-state index in [2.05, 4.69) is 29.6 Å². The smallest absolute Gasteiger partial charge is 0.266 e. The minimum absolute atomic E-state index is 0.112. The van der Waals surface area contributed by atoms with Gasteiger partial charge in [-0.2, -0.15) is 10.5 Å². The number of aryl methyl sites for hydroxylation is 1. The van der Waals surface area contributed by atoms with E-state index >= 15 is 0 Å². The van der Waals surface area contributed by atoms with Gasteiger partial charge in [0.2, 0.25) is 0 Å². The van der Waals surface area contributed by atoms with E-state index in [0.29, 0.717) is 39.3 Å². The van der Waals surface area contributed by atoms with Gasteiger partial charge in [0.25, 0.3) is 5.91 Å². The van der Waals surface area contributed by atoms with Gasteiger partial charge in [0.05, 0.1) is 17.2 Å². The Balaban J connectivity index is 1.37. The molecule has 3 aromatic carbocycles. The lowest BCUT2D eigenvalue weighted by Crippen LogP contribution is -2.13. The number of benzene rings is 3. The van der Waals surface area contributed by atoms with Gasteiger partial charge in [-0.15, -0.1) is 11.3 Å². The molecule has 40 heavy (non-hydrogen) atoms. The third-order valence-corrected chi connectivity index (χ3v) is 8.20. The van der Waals surface area contributed by atoms with Gasteiger partial charge in [-0.3, -0.25) is 4.79 Å². The Labute approximate surface area is 242 Å². The fraction of sp³-hybridized carbons (Fsp3) is 0.219. The number of rotatable bonds is 8. The van der Waals surface area contributed by atoms with Crippen molar-refractivity contribution in [2.24, 2.45) is 0 Å². The van der Waals surface area contributed by atoms with Crippen LogP contribution in [-0.2, 0) is 24.2 Å². The summed E-state index contributed by atoms with van der Waals surface area (Å²) in [7, 11) is 0. The van der Waals surface area contributed by atoms with Crippen molar-refractivity contribution >= 4 is 50.7 Å². The number of nitrogens with zero attached hydrogens (tertiary/aromatic N) is 2. The van der Waals surface area contributed by atoms with E-state index in [1.165, 1.54) is 17.4 Å². The van der Waals surface area contributed by atoms with Crippen molar-refractivity contribution in [3.63, 3.8) is 0 Å². The van der Waals surface area contributed by atoms with Crippen molar-refractivity contribution < 1.29 is 14.3 Å². The summed E-state index contributed by atoms with van der Waals surface area (Å²) in [4.78, 5) is 14.2. The van der Waals surface area contributed by atoms with Crippen molar-refractivity contribution in [2.45, 2.75) is 39.2 Å². The molecule has 1 N–H and O–H groups in total. The molecule has 5 rings (SSSR count). The highest BCUT2D eigenvalue weighted by atomic mass is 35.5. The quantitative estimate of drug-likeness (QED) is 0.173. The Morgan fingerprint density at radius 1 is 1.07 bits per heavy atom. The number of carbonyl (C=O) groups is 1. The van der Waals surface area contributed by atoms with Crippen LogP contribution in [0.15, 0.2) is 60.2 Å². The highest BCUT2D eigenvalue weighted by molar-refractivity contribution is 7.16. The van der Waals surface area contributed by atoms with Crippen LogP contribution in [0.4, 0.5) is 5.00 Å². The number of halogens is 1. The van der Waals surface area contributed by atoms with Crippen LogP contribution >= 0.6 is 22.9 Å². The van der Waals surface area contributed by atoms with Gasteiger partial charge < -0.3 is 14.8 Å². The van der Waals surface area contributed by atoms with Crippen molar-refractivity contribution in [3.8, 4) is 23.6 Å². The molecule has 6 nitrogen and oxygen atoms in total. The number of nitriles is 2. The molecule has 0 spiro atoms. The molecule has 200 valence electrons. The number of nitrogens with one attached hydrogen (secondary N) is 1. The molecule has 0 aliphatic heterocycles. The van der Waals surface area contributed by atoms with Crippen LogP contribution in [0.5, 0.6) is 11.5 Å². The number of fused-ring (bicyclic) bond motifs is 2. The van der Waals surface area contributed by atoms with Gasteiger partial charge >= 0.3 is 0 Å². The first kappa shape index (κ1) is 27.3. The lowest BCUT2D eigenvalue weighted by Gasteiger charge is -2.15. The highest BCUT2D eigenvalue weighted by Gasteiger charge is 2.23. The molecule has 0 saturated carbocycles. The molecule has 0 atom stereocenters. The van der Waals surface area contributed by atoms with Crippen molar-refractivity contribution in [2.75, 3.05) is 11.9 Å². The van der Waals surface area contributed by atoms with Crippen LogP contribution in [-0.4, -0.2) is 12.5 Å². The Morgan fingerprint density at radius 2 is 1.88 bits per heavy atom. The average molecular weight is 568 g/mol. The molecule has 1 aromatic heterocycles. The summed E-state index contributed by atoms with van der Waals surface area (Å²) in [5.74, 6) is 0.223. The SMILES string of the molecule is CCOc1cc(/C=C(\C#N)C(=O)Nc2sc3c(c2C#N)CCCC3)cc(Cl)c1OCc1ccc2ccccc2c1. The summed E-state index contributed by atoms with van der Waals surface area (Å²) in [6.07, 6.45) is 5.29. The summed E-state index contributed by atoms with van der Waals surface area (Å²) >= 11 is 8.03. The molecule has 8 heteroatoms. The molecular weight excluding hydrogens is 542 g/mol. The zero-order valence-electron chi connectivity index (χ0n) is 21.9. The van der Waals surface area contributed by atoms with E-state index in [9.17, 15) is 15.3 Å². The molecule has 1 aliphatic rings. The monoisotopic (exact) mass is 567 g/mol. The zero-order chi connectivity index (χ0) is 28.1. The lowest BCUT2D eigenvalue weighted by atomic mass is 9.96. The van der Waals surface area contributed by atoms with Gasteiger partial charge in [-0.25, -0.2) is 0 Å². The second-order valence-corrected chi connectivity index (χ2v) is 10.9. The van der Waals surface area contributed by atoms with Gasteiger partial charge in [0.15, 0.2) is 11.5 Å². The molecule has 0 fully saturated rings. The molecule has 1 aliphatic carbocycles. The number of ether oxygens (including phenoxy) is 2. The normalized spacial score (nSPS) is 12.8. The number of hydrogen-bond donors (Lipinski definition) is 1. The maximum Gasteiger partial charge on any atom is 0.266 e. The van der Waals surface area contributed by atoms with Gasteiger partial charge in [-0.1, -0.05) is 48.0 Å². The number of hydrogen-bond acceptors (Lipinski definition) is 6. The molecule has 1 amide bonds. The zero-order valence-corrected chi connectivity index (χ0v) is 23.5. The average Bonchev–Trinajstić information content (AvgIpc) is 3.32. The number of anilines is 1. The predicted octanol–water partition coefficient (Wildman–Crippen LogP) is 7.83. The Kier molecular flexibility index (Phi) is 8.36. The van der Waals surface area contributed by atoms with Crippen LogP contribution in [0.25, 0.3) is 16.8 Å². The summed E-state index contributed by atoms with van der Waals surface area (Å²) in [6.45, 7) is 2.52. The molecule has 0 unspecified atom stereocenters. The van der Waals surface area contributed by atoms with Crippen LogP contribution in [0.1, 0.15) is 46.9 Å². The summed E-state index contributed by atoms with van der Waals surface area (Å²) < 4.78 is 11.9. The predicted molar refractivity (Wildman–Crippen MR) is 159 cm³/mol. The van der Waals surface area contributed by atoms with E-state index in [4.69, 9.17) is 21.1 Å². The van der Waals surface area contributed by atoms with Crippen molar-refractivity contribution in [1.29, 1.82) is 10.5 Å². The Hall–Kier alpha value is -4.30. The maximum absolute atomic E-state index is 13.1. The number of carbonyl (C=O) groups excluding carboxylic acids is 1. The van der Waals surface area contributed by atoms with Crippen LogP contribution in [0.3, 0.4) is 0 Å². The third kappa shape index (κ3) is 5.82. The van der Waals surface area contributed by atoms with Crippen LogP contribution in [0, 0.1) is 22.7 Å². The number of thiophene rings is 1. The van der Waals surface area contributed by atoms with Gasteiger partial charge in [0, 0.05) is 4.88 Å².